The molecule has 0 fully saturated rings. The van der Waals surface area contributed by atoms with Gasteiger partial charge in [-0.3, -0.25) is 0 Å². The number of azide groups is 1. The number of carbonyl (C=O) groups is 2. The summed E-state index contributed by atoms with van der Waals surface area (Å²) in [6.45, 7) is 0.202. The van der Waals surface area contributed by atoms with Crippen molar-refractivity contribution in [1.82, 2.24) is 0 Å². The molecule has 1 aromatic rings. The van der Waals surface area contributed by atoms with Crippen molar-refractivity contribution in [2.75, 3.05) is 6.54 Å². The Balaban J connectivity index is 3.02. The minimum atomic E-state index is -1.22. The number of hydrogen-bond donors (Lipinski definition) is 2. The SMILES string of the molecule is [N-]=[N+]=NCCC#Cc1cc(C(=O)O)cc(C(=O)O)c1. The molecule has 0 heterocycles. The van der Waals surface area contributed by atoms with Gasteiger partial charge < -0.3 is 10.2 Å². The number of benzene rings is 1. The molecule has 1 rings (SSSR count). The van der Waals surface area contributed by atoms with Gasteiger partial charge in [-0.1, -0.05) is 17.0 Å². The van der Waals surface area contributed by atoms with E-state index in [0.29, 0.717) is 12.0 Å². The summed E-state index contributed by atoms with van der Waals surface area (Å²) in [6, 6.07) is 3.64. The third kappa shape index (κ3) is 4.42. The molecule has 0 atom stereocenters. The van der Waals surface area contributed by atoms with Crippen LogP contribution < -0.4 is 0 Å². The molecular formula is C12H9N3O4. The van der Waals surface area contributed by atoms with Gasteiger partial charge in [0.1, 0.15) is 0 Å². The third-order valence-electron chi connectivity index (χ3n) is 2.06. The fourth-order valence-electron chi connectivity index (χ4n) is 1.26. The van der Waals surface area contributed by atoms with Crippen LogP contribution in [0.5, 0.6) is 0 Å². The minimum absolute atomic E-state index is 0.140. The van der Waals surface area contributed by atoms with E-state index < -0.39 is 11.9 Å². The Hall–Kier alpha value is -2.97. The van der Waals surface area contributed by atoms with Gasteiger partial charge in [-0.2, -0.15) is 0 Å². The second-order valence-electron chi connectivity index (χ2n) is 3.42. The van der Waals surface area contributed by atoms with E-state index in [1.165, 1.54) is 12.1 Å². The van der Waals surface area contributed by atoms with Crippen LogP contribution in [0.3, 0.4) is 0 Å². The summed E-state index contributed by atoms with van der Waals surface area (Å²) in [5.41, 5.74) is 8.07. The van der Waals surface area contributed by atoms with Gasteiger partial charge in [-0.05, 0) is 23.7 Å². The zero-order valence-electron chi connectivity index (χ0n) is 9.70. The van der Waals surface area contributed by atoms with E-state index in [2.05, 4.69) is 21.9 Å². The molecule has 0 aliphatic heterocycles. The van der Waals surface area contributed by atoms with E-state index in [-0.39, 0.29) is 17.7 Å². The molecule has 1 aromatic carbocycles. The van der Waals surface area contributed by atoms with Crippen molar-refractivity contribution in [3.63, 3.8) is 0 Å². The second kappa shape index (κ2) is 6.69. The molecule has 0 unspecified atom stereocenters. The molecule has 0 aromatic heterocycles. The quantitative estimate of drug-likeness (QED) is 0.282. The molecule has 0 saturated carbocycles. The summed E-state index contributed by atoms with van der Waals surface area (Å²) in [4.78, 5) is 24.3. The molecule has 0 amide bonds. The van der Waals surface area contributed by atoms with Crippen molar-refractivity contribution in [3.8, 4) is 11.8 Å². The van der Waals surface area contributed by atoms with E-state index in [0.717, 1.165) is 6.07 Å². The van der Waals surface area contributed by atoms with Crippen LogP contribution in [0.15, 0.2) is 23.3 Å². The van der Waals surface area contributed by atoms with Gasteiger partial charge in [0, 0.05) is 23.4 Å². The first-order chi connectivity index (χ1) is 9.04. The van der Waals surface area contributed by atoms with Crippen LogP contribution in [-0.4, -0.2) is 28.7 Å². The number of rotatable bonds is 4. The Morgan fingerprint density at radius 3 is 2.26 bits per heavy atom. The predicted molar refractivity (Wildman–Crippen MR) is 65.9 cm³/mol. The number of nitrogens with zero attached hydrogens (tertiary/aromatic N) is 3. The van der Waals surface area contributed by atoms with Gasteiger partial charge in [-0.25, -0.2) is 9.59 Å². The maximum Gasteiger partial charge on any atom is 0.335 e. The van der Waals surface area contributed by atoms with Crippen LogP contribution in [0, 0.1) is 11.8 Å². The van der Waals surface area contributed by atoms with Crippen LogP contribution in [0.1, 0.15) is 32.7 Å². The standard InChI is InChI=1S/C12H9N3O4/c13-15-14-4-2-1-3-8-5-9(11(16)17)7-10(6-8)12(18)19/h5-7H,2,4H2,(H,16,17)(H,18,19). The van der Waals surface area contributed by atoms with Crippen molar-refractivity contribution in [1.29, 1.82) is 0 Å². The smallest absolute Gasteiger partial charge is 0.335 e. The monoisotopic (exact) mass is 259 g/mol. The summed E-state index contributed by atoms with van der Waals surface area (Å²) in [6.07, 6.45) is 0.309. The van der Waals surface area contributed by atoms with Gasteiger partial charge >= 0.3 is 11.9 Å². The number of aromatic carboxylic acids is 2. The van der Waals surface area contributed by atoms with Gasteiger partial charge in [-0.15, -0.1) is 0 Å². The second-order valence-corrected chi connectivity index (χ2v) is 3.42. The zero-order valence-corrected chi connectivity index (χ0v) is 9.70. The fraction of sp³-hybridized carbons (Fsp3) is 0.167. The highest BCUT2D eigenvalue weighted by Crippen LogP contribution is 2.10. The van der Waals surface area contributed by atoms with Crippen molar-refractivity contribution in [3.05, 3.63) is 45.3 Å². The lowest BCUT2D eigenvalue weighted by Gasteiger charge is -1.99. The average molecular weight is 259 g/mol. The summed E-state index contributed by atoms with van der Waals surface area (Å²) < 4.78 is 0. The molecule has 96 valence electrons. The lowest BCUT2D eigenvalue weighted by molar-refractivity contribution is 0.0696. The highest BCUT2D eigenvalue weighted by molar-refractivity contribution is 5.94. The highest BCUT2D eigenvalue weighted by atomic mass is 16.4. The maximum absolute atomic E-state index is 10.8. The summed E-state index contributed by atoms with van der Waals surface area (Å²) in [5.74, 6) is 2.86. The molecule has 0 aliphatic rings. The molecule has 7 heteroatoms. The van der Waals surface area contributed by atoms with E-state index in [1.807, 2.05) is 0 Å². The lowest BCUT2D eigenvalue weighted by Crippen LogP contribution is -2.03. The first-order valence-corrected chi connectivity index (χ1v) is 5.16. The molecule has 0 aliphatic carbocycles. The number of carboxylic acids is 2. The Bertz CT molecular complexity index is 589. The number of hydrogen-bond acceptors (Lipinski definition) is 3. The zero-order chi connectivity index (χ0) is 14.3. The van der Waals surface area contributed by atoms with Gasteiger partial charge in [0.2, 0.25) is 0 Å². The van der Waals surface area contributed by atoms with Gasteiger partial charge in [0.15, 0.2) is 0 Å². The Morgan fingerprint density at radius 2 is 1.79 bits per heavy atom. The molecule has 0 saturated heterocycles. The van der Waals surface area contributed by atoms with E-state index >= 15 is 0 Å². The van der Waals surface area contributed by atoms with Crippen LogP contribution in [0.2, 0.25) is 0 Å². The van der Waals surface area contributed by atoms with Crippen LogP contribution in [0.25, 0.3) is 10.4 Å². The summed E-state index contributed by atoms with van der Waals surface area (Å²) in [7, 11) is 0. The topological polar surface area (TPSA) is 123 Å². The average Bonchev–Trinajstić information content (AvgIpc) is 2.38. The van der Waals surface area contributed by atoms with Crippen molar-refractivity contribution in [2.24, 2.45) is 5.11 Å². The van der Waals surface area contributed by atoms with Crippen molar-refractivity contribution >= 4 is 11.9 Å². The molecule has 7 nitrogen and oxygen atoms in total. The normalized spacial score (nSPS) is 8.84. The minimum Gasteiger partial charge on any atom is -0.478 e. The Labute approximate surface area is 108 Å². The molecular weight excluding hydrogens is 250 g/mol. The van der Waals surface area contributed by atoms with Crippen LogP contribution in [0.4, 0.5) is 0 Å². The van der Waals surface area contributed by atoms with Gasteiger partial charge in [0.05, 0.1) is 11.1 Å². The fourth-order valence-corrected chi connectivity index (χ4v) is 1.26. The van der Waals surface area contributed by atoms with Crippen molar-refractivity contribution < 1.29 is 19.8 Å². The molecule has 0 radical (unpaired) electrons. The Morgan fingerprint density at radius 1 is 1.21 bits per heavy atom. The number of carboxylic acid groups (broad SMARTS) is 2. The largest absolute Gasteiger partial charge is 0.478 e. The summed E-state index contributed by atoms with van der Waals surface area (Å²) >= 11 is 0. The van der Waals surface area contributed by atoms with Crippen LogP contribution >= 0.6 is 0 Å². The lowest BCUT2D eigenvalue weighted by atomic mass is 10.1. The predicted octanol–water partition coefficient (Wildman–Crippen LogP) is 2.13. The maximum atomic E-state index is 10.8. The van der Waals surface area contributed by atoms with E-state index in [4.69, 9.17) is 15.7 Å². The molecule has 19 heavy (non-hydrogen) atoms. The van der Waals surface area contributed by atoms with Gasteiger partial charge in [0.25, 0.3) is 0 Å². The van der Waals surface area contributed by atoms with Crippen molar-refractivity contribution in [2.45, 2.75) is 6.42 Å². The molecule has 0 bridgehead atoms. The highest BCUT2D eigenvalue weighted by Gasteiger charge is 2.10. The summed E-state index contributed by atoms with van der Waals surface area (Å²) in [5, 5.41) is 21.0. The van der Waals surface area contributed by atoms with Crippen LogP contribution in [-0.2, 0) is 0 Å². The van der Waals surface area contributed by atoms with E-state index in [9.17, 15) is 9.59 Å². The third-order valence-corrected chi connectivity index (χ3v) is 2.06. The first-order valence-electron chi connectivity index (χ1n) is 5.16. The van der Waals surface area contributed by atoms with E-state index in [1.54, 1.807) is 0 Å². The molecule has 0 spiro atoms. The molecule has 2 N–H and O–H groups in total. The first kappa shape index (κ1) is 14.1. The Kier molecular flexibility index (Phi) is 4.96.